The predicted octanol–water partition coefficient (Wildman–Crippen LogP) is -0.236. The van der Waals surface area contributed by atoms with Crippen molar-refractivity contribution in [2.24, 2.45) is 11.8 Å². The standard InChI is InChI=1S/C8H13NO2.Li.H/c10-8(11)7-5-9-3-1-6(7)2-4-9;;/h6-7H,1-5H2,(H,10,11);;. The van der Waals surface area contributed by atoms with Crippen LogP contribution in [0.3, 0.4) is 0 Å². The van der Waals surface area contributed by atoms with E-state index in [0.29, 0.717) is 5.92 Å². The molecule has 0 amide bonds. The SMILES string of the molecule is O=C(O)C1CN2CCC1CC2.[LiH]. The van der Waals surface area contributed by atoms with Gasteiger partial charge in [0.25, 0.3) is 0 Å². The molecule has 1 unspecified atom stereocenters. The summed E-state index contributed by atoms with van der Waals surface area (Å²) in [6.07, 6.45) is 2.19. The Kier molecular flexibility index (Phi) is 3.22. The molecule has 1 N–H and O–H groups in total. The third-order valence-corrected chi connectivity index (χ3v) is 2.97. The number of piperidine rings is 3. The molecule has 0 aromatic rings. The Labute approximate surface area is 84.3 Å². The first-order valence-electron chi connectivity index (χ1n) is 4.22. The van der Waals surface area contributed by atoms with Crippen molar-refractivity contribution in [1.82, 2.24) is 4.90 Å². The molecule has 0 radical (unpaired) electrons. The van der Waals surface area contributed by atoms with Crippen LogP contribution >= 0.6 is 0 Å². The zero-order valence-corrected chi connectivity index (χ0v) is 6.49. The molecule has 3 aliphatic heterocycles. The fourth-order valence-corrected chi connectivity index (χ4v) is 2.24. The maximum absolute atomic E-state index is 10.7. The van der Waals surface area contributed by atoms with Crippen LogP contribution in [0.5, 0.6) is 0 Å². The van der Waals surface area contributed by atoms with Crippen LogP contribution in [0.15, 0.2) is 0 Å². The van der Waals surface area contributed by atoms with E-state index in [9.17, 15) is 4.79 Å². The molecule has 3 nitrogen and oxygen atoms in total. The van der Waals surface area contributed by atoms with Gasteiger partial charge in [-0.15, -0.1) is 0 Å². The van der Waals surface area contributed by atoms with Crippen LogP contribution in [0.4, 0.5) is 0 Å². The molecule has 3 fully saturated rings. The molecule has 1 atom stereocenters. The van der Waals surface area contributed by atoms with E-state index in [0.717, 1.165) is 32.5 Å². The summed E-state index contributed by atoms with van der Waals surface area (Å²) in [6, 6.07) is 0. The van der Waals surface area contributed by atoms with E-state index in [1.165, 1.54) is 0 Å². The van der Waals surface area contributed by atoms with Gasteiger partial charge in [-0.05, 0) is 31.8 Å². The molecule has 0 spiro atoms. The Morgan fingerprint density at radius 2 is 1.92 bits per heavy atom. The van der Waals surface area contributed by atoms with Gasteiger partial charge in [-0.3, -0.25) is 4.79 Å². The Morgan fingerprint density at radius 3 is 2.17 bits per heavy atom. The van der Waals surface area contributed by atoms with E-state index in [-0.39, 0.29) is 24.8 Å². The Bertz CT molecular complexity index is 178. The third kappa shape index (κ3) is 1.68. The summed E-state index contributed by atoms with van der Waals surface area (Å²) in [6.45, 7) is 3.03. The van der Waals surface area contributed by atoms with Crippen LogP contribution in [-0.4, -0.2) is 54.5 Å². The van der Waals surface area contributed by atoms with Gasteiger partial charge < -0.3 is 10.0 Å². The van der Waals surface area contributed by atoms with Gasteiger partial charge in [-0.2, -0.15) is 0 Å². The van der Waals surface area contributed by atoms with E-state index < -0.39 is 5.97 Å². The van der Waals surface area contributed by atoms with Gasteiger partial charge in [0.15, 0.2) is 0 Å². The zero-order valence-electron chi connectivity index (χ0n) is 6.49. The van der Waals surface area contributed by atoms with Crippen LogP contribution < -0.4 is 0 Å². The first kappa shape index (κ1) is 10.1. The number of carboxylic acids is 1. The van der Waals surface area contributed by atoms with Crippen molar-refractivity contribution in [3.63, 3.8) is 0 Å². The quantitative estimate of drug-likeness (QED) is 0.542. The van der Waals surface area contributed by atoms with Crippen LogP contribution in [0, 0.1) is 11.8 Å². The maximum atomic E-state index is 10.7. The van der Waals surface area contributed by atoms with Crippen molar-refractivity contribution >= 4 is 24.8 Å². The molecule has 0 aromatic heterocycles. The van der Waals surface area contributed by atoms with Gasteiger partial charge in [-0.1, -0.05) is 0 Å². The average molecular weight is 163 g/mol. The van der Waals surface area contributed by atoms with Crippen LogP contribution in [0.2, 0.25) is 0 Å². The Hall–Kier alpha value is 0.0274. The van der Waals surface area contributed by atoms with Crippen LogP contribution in [0.25, 0.3) is 0 Å². The van der Waals surface area contributed by atoms with Crippen molar-refractivity contribution in [3.05, 3.63) is 0 Å². The molecule has 3 rings (SSSR count). The minimum atomic E-state index is -0.598. The number of rotatable bonds is 1. The first-order chi connectivity index (χ1) is 5.27. The number of hydrogen-bond donors (Lipinski definition) is 1. The third-order valence-electron chi connectivity index (χ3n) is 2.97. The molecule has 3 saturated heterocycles. The summed E-state index contributed by atoms with van der Waals surface area (Å²) < 4.78 is 0. The summed E-state index contributed by atoms with van der Waals surface area (Å²) in [7, 11) is 0. The summed E-state index contributed by atoms with van der Waals surface area (Å²) >= 11 is 0. The second-order valence-corrected chi connectivity index (χ2v) is 3.58. The van der Waals surface area contributed by atoms with Crippen LogP contribution in [-0.2, 0) is 4.79 Å². The second-order valence-electron chi connectivity index (χ2n) is 3.58. The summed E-state index contributed by atoms with van der Waals surface area (Å²) in [5.74, 6) is -0.200. The first-order valence-corrected chi connectivity index (χ1v) is 4.22. The molecule has 0 saturated carbocycles. The number of aliphatic carboxylic acids is 1. The second kappa shape index (κ2) is 3.82. The number of nitrogens with zero attached hydrogens (tertiary/aromatic N) is 1. The molecule has 3 aliphatic rings. The molecule has 4 heteroatoms. The van der Waals surface area contributed by atoms with E-state index in [4.69, 9.17) is 5.11 Å². The normalized spacial score (nSPS) is 38.8. The Balaban J connectivity index is 0.000000720. The topological polar surface area (TPSA) is 40.5 Å². The van der Waals surface area contributed by atoms with Crippen molar-refractivity contribution in [2.75, 3.05) is 19.6 Å². The monoisotopic (exact) mass is 163 g/mol. The summed E-state index contributed by atoms with van der Waals surface area (Å²) in [4.78, 5) is 13.0. The molecule has 0 aromatic carbocycles. The van der Waals surface area contributed by atoms with Crippen molar-refractivity contribution in [1.29, 1.82) is 0 Å². The predicted molar refractivity (Wildman–Crippen MR) is 47.4 cm³/mol. The number of carbonyl (C=O) groups is 1. The molecular formula is C8H14LiNO2. The molecule has 64 valence electrons. The summed E-state index contributed by atoms with van der Waals surface area (Å²) in [5.41, 5.74) is 0. The molecule has 0 aliphatic carbocycles. The van der Waals surface area contributed by atoms with Gasteiger partial charge >= 0.3 is 24.8 Å². The van der Waals surface area contributed by atoms with Crippen LogP contribution in [0.1, 0.15) is 12.8 Å². The van der Waals surface area contributed by atoms with Crippen molar-refractivity contribution in [3.8, 4) is 0 Å². The van der Waals surface area contributed by atoms with Gasteiger partial charge in [0.2, 0.25) is 0 Å². The number of carboxylic acid groups (broad SMARTS) is 1. The molecule has 3 heterocycles. The fraction of sp³-hybridized carbons (Fsp3) is 0.875. The average Bonchev–Trinajstić information content (AvgIpc) is 2.06. The zero-order chi connectivity index (χ0) is 7.84. The van der Waals surface area contributed by atoms with E-state index in [2.05, 4.69) is 4.90 Å². The van der Waals surface area contributed by atoms with Crippen molar-refractivity contribution in [2.45, 2.75) is 12.8 Å². The van der Waals surface area contributed by atoms with E-state index in [1.807, 2.05) is 0 Å². The van der Waals surface area contributed by atoms with E-state index in [1.54, 1.807) is 0 Å². The number of hydrogen-bond acceptors (Lipinski definition) is 2. The van der Waals surface area contributed by atoms with Gasteiger partial charge in [0.1, 0.15) is 0 Å². The van der Waals surface area contributed by atoms with Gasteiger partial charge in [-0.25, -0.2) is 0 Å². The Morgan fingerprint density at radius 1 is 1.33 bits per heavy atom. The van der Waals surface area contributed by atoms with E-state index >= 15 is 0 Å². The van der Waals surface area contributed by atoms with Gasteiger partial charge in [0.05, 0.1) is 5.92 Å². The molecule has 2 bridgehead atoms. The summed E-state index contributed by atoms with van der Waals surface area (Å²) in [5, 5.41) is 8.83. The molecular weight excluding hydrogens is 149 g/mol. The fourth-order valence-electron chi connectivity index (χ4n) is 2.24. The van der Waals surface area contributed by atoms with Gasteiger partial charge in [0, 0.05) is 6.54 Å². The number of fused-ring (bicyclic) bond motifs is 3. The molecule has 12 heavy (non-hydrogen) atoms. The van der Waals surface area contributed by atoms with Crippen molar-refractivity contribution < 1.29 is 9.90 Å². The minimum absolute atomic E-state index is 0.